The van der Waals surface area contributed by atoms with E-state index in [-0.39, 0.29) is 24.6 Å². The van der Waals surface area contributed by atoms with E-state index in [2.05, 4.69) is 24.3 Å². The summed E-state index contributed by atoms with van der Waals surface area (Å²) in [6.07, 6.45) is 3.92. The summed E-state index contributed by atoms with van der Waals surface area (Å²) in [6.45, 7) is 7.03. The molecule has 1 aromatic carbocycles. The van der Waals surface area contributed by atoms with E-state index in [0.29, 0.717) is 6.54 Å². The third-order valence-electron chi connectivity index (χ3n) is 4.31. The topological polar surface area (TPSA) is 59.4 Å². The van der Waals surface area contributed by atoms with Crippen LogP contribution in [-0.4, -0.2) is 47.3 Å². The molecule has 2 rings (SSSR count). The first-order valence-electron chi connectivity index (χ1n) is 8.53. The molecule has 6 nitrogen and oxygen atoms in total. The lowest BCUT2D eigenvalue weighted by atomic mass is 10.1. The van der Waals surface area contributed by atoms with Crippen LogP contribution in [0.5, 0.6) is 5.75 Å². The van der Waals surface area contributed by atoms with Crippen molar-refractivity contribution < 1.29 is 9.53 Å². The summed E-state index contributed by atoms with van der Waals surface area (Å²) >= 11 is 0. The molecule has 2 atom stereocenters. The fourth-order valence-electron chi connectivity index (χ4n) is 2.39. The van der Waals surface area contributed by atoms with Gasteiger partial charge in [0.05, 0.1) is 12.2 Å². The quantitative estimate of drug-likeness (QED) is 0.799. The van der Waals surface area contributed by atoms with Gasteiger partial charge in [0.1, 0.15) is 5.75 Å². The second-order valence-corrected chi connectivity index (χ2v) is 6.59. The number of aromatic nitrogens is 2. The van der Waals surface area contributed by atoms with Crippen LogP contribution in [0.1, 0.15) is 31.0 Å². The zero-order chi connectivity index (χ0) is 18.4. The number of hydrogen-bond acceptors (Lipinski definition) is 4. The molecule has 0 saturated heterocycles. The van der Waals surface area contributed by atoms with Gasteiger partial charge in [-0.15, -0.1) is 0 Å². The van der Waals surface area contributed by atoms with E-state index in [1.54, 1.807) is 14.1 Å². The molecule has 0 fully saturated rings. The van der Waals surface area contributed by atoms with E-state index < -0.39 is 0 Å². The number of likely N-dealkylation sites (N-methyl/N-ethyl adjacent to an activating group) is 1. The lowest BCUT2D eigenvalue weighted by Crippen LogP contribution is -2.33. The van der Waals surface area contributed by atoms with Crippen LogP contribution in [0.3, 0.4) is 0 Å². The van der Waals surface area contributed by atoms with Crippen molar-refractivity contribution in [2.24, 2.45) is 0 Å². The third kappa shape index (κ3) is 5.32. The van der Waals surface area contributed by atoms with Crippen molar-refractivity contribution in [1.29, 1.82) is 0 Å². The van der Waals surface area contributed by atoms with Crippen molar-refractivity contribution in [2.45, 2.75) is 39.4 Å². The maximum Gasteiger partial charge on any atom is 0.259 e. The molecular weight excluding hydrogens is 316 g/mol. The van der Waals surface area contributed by atoms with Gasteiger partial charge < -0.3 is 15.0 Å². The van der Waals surface area contributed by atoms with Gasteiger partial charge in [-0.05, 0) is 32.4 Å². The molecule has 1 aromatic heterocycles. The summed E-state index contributed by atoms with van der Waals surface area (Å²) in [6, 6.07) is 8.26. The van der Waals surface area contributed by atoms with E-state index in [1.165, 1.54) is 4.90 Å². The minimum atomic E-state index is -0.0567. The van der Waals surface area contributed by atoms with Crippen molar-refractivity contribution >= 4 is 5.91 Å². The van der Waals surface area contributed by atoms with Crippen LogP contribution < -0.4 is 10.1 Å². The second kappa shape index (κ2) is 8.67. The highest BCUT2D eigenvalue weighted by molar-refractivity contribution is 5.77. The SMILES string of the molecule is Cc1cnn([C@@H](C)[C@H](C)NCc2ccccc2OCC(=O)N(C)C)c1. The molecule has 1 N–H and O–H groups in total. The Morgan fingerprint density at radius 3 is 2.68 bits per heavy atom. The van der Waals surface area contributed by atoms with Crippen molar-refractivity contribution in [1.82, 2.24) is 20.0 Å². The molecule has 2 aromatic rings. The van der Waals surface area contributed by atoms with Gasteiger partial charge in [-0.2, -0.15) is 5.10 Å². The van der Waals surface area contributed by atoms with Crippen molar-refractivity contribution in [3.8, 4) is 5.75 Å². The summed E-state index contributed by atoms with van der Waals surface area (Å²) in [5.74, 6) is 0.679. The molecule has 0 aliphatic rings. The normalized spacial score (nSPS) is 13.3. The number of carbonyl (C=O) groups is 1. The predicted molar refractivity (Wildman–Crippen MR) is 98.6 cm³/mol. The molecule has 0 saturated carbocycles. The molecular formula is C19H28N4O2. The Morgan fingerprint density at radius 2 is 2.04 bits per heavy atom. The average molecular weight is 344 g/mol. The molecule has 0 radical (unpaired) electrons. The van der Waals surface area contributed by atoms with Crippen LogP contribution in [0.15, 0.2) is 36.7 Å². The molecule has 0 unspecified atom stereocenters. The summed E-state index contributed by atoms with van der Waals surface area (Å²) in [5.41, 5.74) is 2.19. The molecule has 25 heavy (non-hydrogen) atoms. The first-order valence-corrected chi connectivity index (χ1v) is 8.53. The summed E-state index contributed by atoms with van der Waals surface area (Å²) < 4.78 is 7.67. The van der Waals surface area contributed by atoms with E-state index in [9.17, 15) is 4.79 Å². The first kappa shape index (κ1) is 19.0. The second-order valence-electron chi connectivity index (χ2n) is 6.59. The van der Waals surface area contributed by atoms with Crippen LogP contribution >= 0.6 is 0 Å². The molecule has 1 heterocycles. The van der Waals surface area contributed by atoms with Gasteiger partial charge in [0.2, 0.25) is 0 Å². The molecule has 6 heteroatoms. The largest absolute Gasteiger partial charge is 0.483 e. The van der Waals surface area contributed by atoms with Gasteiger partial charge in [0.15, 0.2) is 6.61 Å². The van der Waals surface area contributed by atoms with Gasteiger partial charge >= 0.3 is 0 Å². The number of para-hydroxylation sites is 1. The Labute approximate surface area is 149 Å². The minimum absolute atomic E-state index is 0.0442. The number of nitrogens with zero attached hydrogens (tertiary/aromatic N) is 3. The Bertz CT molecular complexity index is 696. The Kier molecular flexibility index (Phi) is 6.58. The molecule has 1 amide bonds. The number of aryl methyl sites for hydroxylation is 1. The number of nitrogens with one attached hydrogen (secondary N) is 1. The van der Waals surface area contributed by atoms with E-state index in [1.807, 2.05) is 48.3 Å². The molecule has 0 bridgehead atoms. The number of rotatable bonds is 8. The van der Waals surface area contributed by atoms with Gasteiger partial charge in [0, 0.05) is 38.4 Å². The lowest BCUT2D eigenvalue weighted by Gasteiger charge is -2.22. The lowest BCUT2D eigenvalue weighted by molar-refractivity contribution is -0.130. The maximum atomic E-state index is 11.7. The minimum Gasteiger partial charge on any atom is -0.483 e. The van der Waals surface area contributed by atoms with Crippen molar-refractivity contribution in [3.05, 3.63) is 47.8 Å². The maximum absolute atomic E-state index is 11.7. The number of amides is 1. The highest BCUT2D eigenvalue weighted by atomic mass is 16.5. The fraction of sp³-hybridized carbons (Fsp3) is 0.474. The van der Waals surface area contributed by atoms with Crippen LogP contribution in [-0.2, 0) is 11.3 Å². The fourth-order valence-corrected chi connectivity index (χ4v) is 2.39. The standard InChI is InChI=1S/C19H28N4O2/c1-14-10-21-23(12-14)16(3)15(2)20-11-17-8-6-7-9-18(17)25-13-19(24)22(4)5/h6-10,12,15-16,20H,11,13H2,1-5H3/t15-,16-/m0/s1. The van der Waals surface area contributed by atoms with E-state index in [0.717, 1.165) is 16.9 Å². The Hall–Kier alpha value is -2.34. The first-order chi connectivity index (χ1) is 11.9. The Balaban J connectivity index is 1.94. The smallest absolute Gasteiger partial charge is 0.259 e. The zero-order valence-corrected chi connectivity index (χ0v) is 15.7. The molecule has 0 aliphatic carbocycles. The number of benzene rings is 1. The van der Waals surface area contributed by atoms with Crippen LogP contribution in [0.2, 0.25) is 0 Å². The Morgan fingerprint density at radius 1 is 1.32 bits per heavy atom. The molecule has 0 aliphatic heterocycles. The molecule has 136 valence electrons. The summed E-state index contributed by atoms with van der Waals surface area (Å²) in [7, 11) is 3.44. The average Bonchev–Trinajstić information content (AvgIpc) is 3.03. The van der Waals surface area contributed by atoms with Gasteiger partial charge in [0.25, 0.3) is 5.91 Å². The third-order valence-corrected chi connectivity index (χ3v) is 4.31. The van der Waals surface area contributed by atoms with Gasteiger partial charge in [-0.3, -0.25) is 9.48 Å². The summed E-state index contributed by atoms with van der Waals surface area (Å²) in [4.78, 5) is 13.2. The highest BCUT2D eigenvalue weighted by Gasteiger charge is 2.15. The molecule has 0 spiro atoms. The highest BCUT2D eigenvalue weighted by Crippen LogP contribution is 2.19. The van der Waals surface area contributed by atoms with Gasteiger partial charge in [-0.1, -0.05) is 18.2 Å². The summed E-state index contributed by atoms with van der Waals surface area (Å²) in [5, 5.41) is 7.91. The van der Waals surface area contributed by atoms with Crippen molar-refractivity contribution in [3.63, 3.8) is 0 Å². The van der Waals surface area contributed by atoms with E-state index in [4.69, 9.17) is 4.74 Å². The van der Waals surface area contributed by atoms with Crippen LogP contribution in [0.25, 0.3) is 0 Å². The number of ether oxygens (including phenoxy) is 1. The van der Waals surface area contributed by atoms with Crippen molar-refractivity contribution in [2.75, 3.05) is 20.7 Å². The van der Waals surface area contributed by atoms with Crippen LogP contribution in [0, 0.1) is 6.92 Å². The monoisotopic (exact) mass is 344 g/mol. The number of hydrogen-bond donors (Lipinski definition) is 1. The predicted octanol–water partition coefficient (Wildman–Crippen LogP) is 2.40. The van der Waals surface area contributed by atoms with E-state index >= 15 is 0 Å². The number of carbonyl (C=O) groups excluding carboxylic acids is 1. The zero-order valence-electron chi connectivity index (χ0n) is 15.7. The van der Waals surface area contributed by atoms with Gasteiger partial charge in [-0.25, -0.2) is 0 Å². The van der Waals surface area contributed by atoms with Crippen LogP contribution in [0.4, 0.5) is 0 Å².